The second-order valence-corrected chi connectivity index (χ2v) is 9.56. The third-order valence-corrected chi connectivity index (χ3v) is 7.10. The van der Waals surface area contributed by atoms with Crippen LogP contribution in [-0.4, -0.2) is 20.9 Å². The van der Waals surface area contributed by atoms with Crippen molar-refractivity contribution in [2.45, 2.75) is 32.1 Å². The number of nitrogens with one attached hydrogen (secondary N) is 1. The van der Waals surface area contributed by atoms with Gasteiger partial charge in [-0.15, -0.1) is 0 Å². The lowest BCUT2D eigenvalue weighted by molar-refractivity contribution is -0.114. The van der Waals surface area contributed by atoms with Gasteiger partial charge in [-0.3, -0.25) is 9.10 Å². The second-order valence-electron chi connectivity index (χ2n) is 7.26. The number of carbonyl (C=O) groups excluding carboxylic acids is 1. The number of aryl methyl sites for hydroxylation is 3. The summed E-state index contributed by atoms with van der Waals surface area (Å²) in [7, 11) is -3.99. The monoisotopic (exact) mass is 456 g/mol. The maximum Gasteiger partial charge on any atom is 0.264 e. The van der Waals surface area contributed by atoms with E-state index in [-0.39, 0.29) is 11.4 Å². The van der Waals surface area contributed by atoms with Gasteiger partial charge in [0, 0.05) is 10.7 Å². The van der Waals surface area contributed by atoms with E-state index in [1.54, 1.807) is 12.1 Å². The van der Waals surface area contributed by atoms with Crippen molar-refractivity contribution >= 4 is 38.9 Å². The minimum Gasteiger partial charge on any atom is -0.324 e. The van der Waals surface area contributed by atoms with Crippen LogP contribution in [0, 0.1) is 13.8 Å². The molecule has 0 fully saturated rings. The van der Waals surface area contributed by atoms with Crippen LogP contribution >= 0.6 is 11.6 Å². The molecule has 0 aromatic heterocycles. The Hall–Kier alpha value is -2.83. The standard InChI is InChI=1S/C24H25ClN2O3S/c1-4-19-10-7-9-18(3)24(19)26-23(28)16-27(22-11-6-5-8-17(22)2)31(29,30)21-14-12-20(25)13-15-21/h5-15H,4,16H2,1-3H3,(H,26,28). The number of hydrogen-bond acceptors (Lipinski definition) is 3. The molecule has 0 heterocycles. The van der Waals surface area contributed by atoms with Crippen molar-refractivity contribution in [1.82, 2.24) is 0 Å². The van der Waals surface area contributed by atoms with Crippen LogP contribution in [0.15, 0.2) is 71.6 Å². The number of amides is 1. The predicted molar refractivity (Wildman–Crippen MR) is 126 cm³/mol. The van der Waals surface area contributed by atoms with Gasteiger partial charge in [0.15, 0.2) is 0 Å². The Kier molecular flexibility index (Phi) is 7.03. The van der Waals surface area contributed by atoms with Crippen LogP contribution in [0.3, 0.4) is 0 Å². The van der Waals surface area contributed by atoms with Gasteiger partial charge in [-0.1, -0.05) is 54.9 Å². The fraction of sp³-hybridized carbons (Fsp3) is 0.208. The van der Waals surface area contributed by atoms with Crippen LogP contribution in [0.5, 0.6) is 0 Å². The van der Waals surface area contributed by atoms with Gasteiger partial charge in [0.25, 0.3) is 10.0 Å². The van der Waals surface area contributed by atoms with Crippen molar-refractivity contribution in [3.63, 3.8) is 0 Å². The maximum atomic E-state index is 13.5. The smallest absolute Gasteiger partial charge is 0.264 e. The minimum absolute atomic E-state index is 0.0677. The lowest BCUT2D eigenvalue weighted by Crippen LogP contribution is -2.38. The van der Waals surface area contributed by atoms with E-state index in [0.717, 1.165) is 33.1 Å². The van der Waals surface area contributed by atoms with E-state index in [1.807, 2.05) is 51.1 Å². The molecule has 0 spiro atoms. The number of para-hydroxylation sites is 2. The van der Waals surface area contributed by atoms with E-state index in [2.05, 4.69) is 5.32 Å². The summed E-state index contributed by atoms with van der Waals surface area (Å²) >= 11 is 5.93. The number of benzene rings is 3. The Morgan fingerprint density at radius 1 is 0.935 bits per heavy atom. The topological polar surface area (TPSA) is 66.5 Å². The van der Waals surface area contributed by atoms with E-state index >= 15 is 0 Å². The number of hydrogen-bond donors (Lipinski definition) is 1. The molecule has 0 aliphatic carbocycles. The Bertz CT molecular complexity index is 1190. The summed E-state index contributed by atoms with van der Waals surface area (Å²) < 4.78 is 28.1. The molecular formula is C24H25ClN2O3S. The Labute approximate surface area is 188 Å². The van der Waals surface area contributed by atoms with E-state index in [4.69, 9.17) is 11.6 Å². The largest absolute Gasteiger partial charge is 0.324 e. The number of anilines is 2. The summed E-state index contributed by atoms with van der Waals surface area (Å²) in [6.07, 6.45) is 0.752. The van der Waals surface area contributed by atoms with Crippen molar-refractivity contribution < 1.29 is 13.2 Å². The molecule has 3 aromatic carbocycles. The van der Waals surface area contributed by atoms with Gasteiger partial charge in [-0.05, 0) is 67.3 Å². The molecule has 0 atom stereocenters. The fourth-order valence-corrected chi connectivity index (χ4v) is 5.00. The van der Waals surface area contributed by atoms with Crippen molar-refractivity contribution in [2.75, 3.05) is 16.2 Å². The van der Waals surface area contributed by atoms with Crippen LogP contribution in [0.4, 0.5) is 11.4 Å². The molecule has 1 amide bonds. The summed E-state index contributed by atoms with van der Waals surface area (Å²) in [5.41, 5.74) is 3.85. The highest BCUT2D eigenvalue weighted by Crippen LogP contribution is 2.28. The van der Waals surface area contributed by atoms with E-state index in [9.17, 15) is 13.2 Å². The van der Waals surface area contributed by atoms with Crippen molar-refractivity contribution in [3.8, 4) is 0 Å². The number of nitrogens with zero attached hydrogens (tertiary/aromatic N) is 1. The molecule has 5 nitrogen and oxygen atoms in total. The van der Waals surface area contributed by atoms with Gasteiger partial charge in [-0.2, -0.15) is 0 Å². The Morgan fingerprint density at radius 2 is 1.58 bits per heavy atom. The summed E-state index contributed by atoms with van der Waals surface area (Å²) in [6.45, 7) is 5.38. The molecule has 7 heteroatoms. The fourth-order valence-electron chi connectivity index (χ4n) is 3.39. The minimum atomic E-state index is -3.99. The zero-order valence-corrected chi connectivity index (χ0v) is 19.3. The summed E-state index contributed by atoms with van der Waals surface area (Å²) in [4.78, 5) is 13.1. The first kappa shape index (κ1) is 22.8. The second kappa shape index (κ2) is 9.54. The van der Waals surface area contributed by atoms with Gasteiger partial charge < -0.3 is 5.32 Å². The first-order valence-electron chi connectivity index (χ1n) is 9.96. The average molecular weight is 457 g/mol. The van der Waals surface area contributed by atoms with Crippen molar-refractivity contribution in [2.24, 2.45) is 0 Å². The van der Waals surface area contributed by atoms with E-state index < -0.39 is 15.9 Å². The predicted octanol–water partition coefficient (Wildman–Crippen LogP) is 5.35. The number of rotatable bonds is 7. The summed E-state index contributed by atoms with van der Waals surface area (Å²) in [5.74, 6) is -0.412. The zero-order valence-electron chi connectivity index (χ0n) is 17.7. The lowest BCUT2D eigenvalue weighted by atomic mass is 10.1. The molecule has 31 heavy (non-hydrogen) atoms. The van der Waals surface area contributed by atoms with Gasteiger partial charge in [0.05, 0.1) is 10.6 Å². The Morgan fingerprint density at radius 3 is 2.23 bits per heavy atom. The van der Waals surface area contributed by atoms with Gasteiger partial charge >= 0.3 is 0 Å². The molecule has 0 aliphatic heterocycles. The maximum absolute atomic E-state index is 13.5. The average Bonchev–Trinajstić information content (AvgIpc) is 2.74. The third-order valence-electron chi connectivity index (χ3n) is 5.08. The molecule has 0 saturated carbocycles. The third kappa shape index (κ3) is 5.09. The number of carbonyl (C=O) groups is 1. The van der Waals surface area contributed by atoms with Crippen LogP contribution in [0.25, 0.3) is 0 Å². The van der Waals surface area contributed by atoms with E-state index in [1.165, 1.54) is 24.3 Å². The van der Waals surface area contributed by atoms with Gasteiger partial charge in [-0.25, -0.2) is 8.42 Å². The van der Waals surface area contributed by atoms with E-state index in [0.29, 0.717) is 10.7 Å². The molecule has 162 valence electrons. The molecular weight excluding hydrogens is 432 g/mol. The van der Waals surface area contributed by atoms with Crippen molar-refractivity contribution in [3.05, 3.63) is 88.4 Å². The SMILES string of the molecule is CCc1cccc(C)c1NC(=O)CN(c1ccccc1C)S(=O)(=O)c1ccc(Cl)cc1. The molecule has 0 unspecified atom stereocenters. The first-order chi connectivity index (χ1) is 14.7. The molecule has 0 radical (unpaired) electrons. The van der Waals surface area contributed by atoms with Crippen LogP contribution in [-0.2, 0) is 21.2 Å². The molecule has 0 bridgehead atoms. The highest BCUT2D eigenvalue weighted by atomic mass is 35.5. The zero-order chi connectivity index (χ0) is 22.6. The molecule has 3 aromatic rings. The van der Waals surface area contributed by atoms with Gasteiger partial charge in [0.2, 0.25) is 5.91 Å². The highest BCUT2D eigenvalue weighted by Gasteiger charge is 2.28. The normalized spacial score (nSPS) is 11.2. The van der Waals surface area contributed by atoms with Gasteiger partial charge in [0.1, 0.15) is 6.54 Å². The number of halogens is 1. The lowest BCUT2D eigenvalue weighted by Gasteiger charge is -2.26. The van der Waals surface area contributed by atoms with Crippen LogP contribution < -0.4 is 9.62 Å². The van der Waals surface area contributed by atoms with Crippen molar-refractivity contribution in [1.29, 1.82) is 0 Å². The first-order valence-corrected chi connectivity index (χ1v) is 11.8. The number of sulfonamides is 1. The van der Waals surface area contributed by atoms with Crippen LogP contribution in [0.2, 0.25) is 5.02 Å². The summed E-state index contributed by atoms with van der Waals surface area (Å²) in [5, 5.41) is 3.35. The highest BCUT2D eigenvalue weighted by molar-refractivity contribution is 7.92. The molecule has 0 saturated heterocycles. The molecule has 1 N–H and O–H groups in total. The Balaban J connectivity index is 1.99. The van der Waals surface area contributed by atoms with Crippen LogP contribution in [0.1, 0.15) is 23.6 Å². The summed E-state index contributed by atoms with van der Waals surface area (Å²) in [6, 6.07) is 18.8. The molecule has 3 rings (SSSR count). The quantitative estimate of drug-likeness (QED) is 0.520. The molecule has 0 aliphatic rings.